The summed E-state index contributed by atoms with van der Waals surface area (Å²) >= 11 is 0. The first-order chi connectivity index (χ1) is 14.5. The minimum Gasteiger partial charge on any atom is -0.481 e. The van der Waals surface area contributed by atoms with Crippen LogP contribution in [-0.2, 0) is 25.5 Å². The van der Waals surface area contributed by atoms with E-state index in [-0.39, 0.29) is 37.3 Å². The van der Waals surface area contributed by atoms with Crippen molar-refractivity contribution in [2.75, 3.05) is 6.79 Å². The molecule has 0 saturated heterocycles. The molecule has 6 nitrogen and oxygen atoms in total. The quantitative estimate of drug-likeness (QED) is 0.532. The Morgan fingerprint density at radius 3 is 2.60 bits per heavy atom. The highest BCUT2D eigenvalue weighted by Crippen LogP contribution is 2.36. The zero-order valence-corrected chi connectivity index (χ0v) is 17.2. The number of carbonyl (C=O) groups is 2. The third kappa shape index (κ3) is 6.20. The van der Waals surface area contributed by atoms with E-state index < -0.39 is 12.1 Å². The standard InChI is InChI=1S/C24H30O6/c25-21-14-22(26)20(19(21)10-6-1-2-7-11-24(27)28)13-18(23-15-29-16-30-23)12-17-8-4-3-5-9-17/h3-5,8-9,13,15,19-20,22,26H,1-2,6-7,10-12,14,16H2,(H,27,28). The van der Waals surface area contributed by atoms with Crippen LogP contribution < -0.4 is 0 Å². The van der Waals surface area contributed by atoms with Crippen LogP contribution in [0.15, 0.2) is 54.0 Å². The summed E-state index contributed by atoms with van der Waals surface area (Å²) < 4.78 is 10.8. The highest BCUT2D eigenvalue weighted by atomic mass is 16.7. The van der Waals surface area contributed by atoms with Gasteiger partial charge in [0.1, 0.15) is 12.0 Å². The van der Waals surface area contributed by atoms with E-state index in [2.05, 4.69) is 0 Å². The second-order valence-corrected chi connectivity index (χ2v) is 8.03. The van der Waals surface area contributed by atoms with Gasteiger partial charge >= 0.3 is 5.97 Å². The zero-order valence-electron chi connectivity index (χ0n) is 17.2. The SMILES string of the molecule is O=C(O)CCCCCCC1C(=O)CC(O)C1C=C(Cc1ccccc1)C1=COCO1. The van der Waals surface area contributed by atoms with Crippen molar-refractivity contribution in [3.05, 3.63) is 59.6 Å². The van der Waals surface area contributed by atoms with Gasteiger partial charge in [0.15, 0.2) is 5.76 Å². The Balaban J connectivity index is 1.67. The van der Waals surface area contributed by atoms with E-state index in [0.717, 1.165) is 30.4 Å². The maximum absolute atomic E-state index is 12.5. The predicted molar refractivity (Wildman–Crippen MR) is 111 cm³/mol. The Hall–Kier alpha value is -2.60. The third-order valence-corrected chi connectivity index (χ3v) is 5.81. The van der Waals surface area contributed by atoms with Crippen molar-refractivity contribution in [2.45, 2.75) is 57.5 Å². The van der Waals surface area contributed by atoms with Gasteiger partial charge in [-0.05, 0) is 24.0 Å². The first kappa shape index (κ1) is 22.1. The number of aliphatic hydroxyl groups excluding tert-OH is 1. The van der Waals surface area contributed by atoms with Gasteiger partial charge in [-0.3, -0.25) is 9.59 Å². The average Bonchev–Trinajstić information content (AvgIpc) is 3.34. The fraction of sp³-hybridized carbons (Fsp3) is 0.500. The lowest BCUT2D eigenvalue weighted by Crippen LogP contribution is -2.20. The number of ketones is 1. The van der Waals surface area contributed by atoms with Crippen molar-refractivity contribution in [3.63, 3.8) is 0 Å². The van der Waals surface area contributed by atoms with Gasteiger partial charge in [-0.2, -0.15) is 0 Å². The average molecular weight is 414 g/mol. The van der Waals surface area contributed by atoms with Crippen LogP contribution in [0.1, 0.15) is 50.5 Å². The Bertz CT molecular complexity index is 782. The van der Waals surface area contributed by atoms with E-state index in [4.69, 9.17) is 14.6 Å². The highest BCUT2D eigenvalue weighted by Gasteiger charge is 2.40. The van der Waals surface area contributed by atoms with E-state index in [1.807, 2.05) is 36.4 Å². The maximum Gasteiger partial charge on any atom is 0.303 e. The lowest BCUT2D eigenvalue weighted by Gasteiger charge is -2.20. The Morgan fingerprint density at radius 2 is 1.90 bits per heavy atom. The van der Waals surface area contributed by atoms with Crippen molar-refractivity contribution in [3.8, 4) is 0 Å². The van der Waals surface area contributed by atoms with Crippen molar-refractivity contribution >= 4 is 11.8 Å². The van der Waals surface area contributed by atoms with Crippen molar-refractivity contribution in [2.24, 2.45) is 11.8 Å². The molecule has 30 heavy (non-hydrogen) atoms. The molecule has 1 aromatic carbocycles. The molecule has 1 fully saturated rings. The van der Waals surface area contributed by atoms with Crippen LogP contribution in [0.2, 0.25) is 0 Å². The predicted octanol–water partition coefficient (Wildman–Crippen LogP) is 3.99. The molecule has 1 aliphatic heterocycles. The lowest BCUT2D eigenvalue weighted by molar-refractivity contribution is -0.137. The molecule has 1 aliphatic carbocycles. The molecule has 162 valence electrons. The van der Waals surface area contributed by atoms with Crippen molar-refractivity contribution in [1.82, 2.24) is 0 Å². The zero-order chi connectivity index (χ0) is 21.3. The Morgan fingerprint density at radius 1 is 1.13 bits per heavy atom. The van der Waals surface area contributed by atoms with E-state index in [9.17, 15) is 14.7 Å². The molecule has 2 N–H and O–H groups in total. The van der Waals surface area contributed by atoms with Crippen LogP contribution in [0, 0.1) is 11.8 Å². The fourth-order valence-electron chi connectivity index (χ4n) is 4.24. The smallest absolute Gasteiger partial charge is 0.303 e. The molecule has 0 amide bonds. The van der Waals surface area contributed by atoms with Crippen molar-refractivity contribution in [1.29, 1.82) is 0 Å². The number of carboxylic acids is 1. The third-order valence-electron chi connectivity index (χ3n) is 5.81. The number of aliphatic hydroxyl groups is 1. The van der Waals surface area contributed by atoms with Crippen molar-refractivity contribution < 1.29 is 29.3 Å². The van der Waals surface area contributed by atoms with E-state index >= 15 is 0 Å². The molecule has 6 heteroatoms. The van der Waals surface area contributed by atoms with E-state index in [0.29, 0.717) is 25.0 Å². The normalized spacial score (nSPS) is 23.8. The molecule has 3 rings (SSSR count). The van der Waals surface area contributed by atoms with Crippen LogP contribution >= 0.6 is 0 Å². The minimum absolute atomic E-state index is 0.103. The summed E-state index contributed by atoms with van der Waals surface area (Å²) in [6.07, 6.45) is 7.85. The summed E-state index contributed by atoms with van der Waals surface area (Å²) in [5, 5.41) is 19.3. The second-order valence-electron chi connectivity index (χ2n) is 8.03. The largest absolute Gasteiger partial charge is 0.481 e. The Labute approximate surface area is 177 Å². The van der Waals surface area contributed by atoms with Gasteiger partial charge in [0, 0.05) is 31.1 Å². The molecule has 3 atom stereocenters. The number of hydrogen-bond acceptors (Lipinski definition) is 5. The highest BCUT2D eigenvalue weighted by molar-refractivity contribution is 5.84. The summed E-state index contributed by atoms with van der Waals surface area (Å²) in [6.45, 7) is 0.174. The van der Waals surface area contributed by atoms with Gasteiger partial charge in [0.2, 0.25) is 6.79 Å². The number of aliphatic carboxylic acids is 1. The summed E-state index contributed by atoms with van der Waals surface area (Å²) in [5.41, 5.74) is 2.04. The van der Waals surface area contributed by atoms with Gasteiger partial charge in [-0.1, -0.05) is 55.7 Å². The van der Waals surface area contributed by atoms with Crippen LogP contribution in [0.3, 0.4) is 0 Å². The molecule has 0 bridgehead atoms. The summed E-state index contributed by atoms with van der Waals surface area (Å²) in [4.78, 5) is 23.1. The van der Waals surface area contributed by atoms with Gasteiger partial charge in [0.25, 0.3) is 0 Å². The number of carboxylic acid groups (broad SMARTS) is 1. The Kier molecular flexibility index (Phi) is 8.08. The van der Waals surface area contributed by atoms with Crippen LogP contribution in [-0.4, -0.2) is 34.9 Å². The number of unbranched alkanes of at least 4 members (excludes halogenated alkanes) is 3. The number of benzene rings is 1. The molecule has 3 unspecified atom stereocenters. The molecule has 0 aromatic heterocycles. The molecular formula is C24H30O6. The monoisotopic (exact) mass is 414 g/mol. The minimum atomic E-state index is -0.771. The number of Topliss-reactive ketones (excluding diaryl/α,β-unsaturated/α-hetero) is 1. The molecule has 0 spiro atoms. The fourth-order valence-corrected chi connectivity index (χ4v) is 4.24. The number of hydrogen-bond donors (Lipinski definition) is 2. The van der Waals surface area contributed by atoms with Crippen LogP contribution in [0.4, 0.5) is 0 Å². The van der Waals surface area contributed by atoms with Gasteiger partial charge < -0.3 is 19.7 Å². The van der Waals surface area contributed by atoms with E-state index in [1.165, 1.54) is 0 Å². The molecule has 2 aliphatic rings. The molecule has 1 heterocycles. The topological polar surface area (TPSA) is 93.1 Å². The van der Waals surface area contributed by atoms with Crippen LogP contribution in [0.25, 0.3) is 0 Å². The number of allylic oxidation sites excluding steroid dienone is 1. The lowest BCUT2D eigenvalue weighted by atomic mass is 9.86. The van der Waals surface area contributed by atoms with Gasteiger partial charge in [-0.15, -0.1) is 0 Å². The number of ether oxygens (including phenoxy) is 2. The number of rotatable bonds is 11. The van der Waals surface area contributed by atoms with E-state index in [1.54, 1.807) is 6.26 Å². The molecule has 1 saturated carbocycles. The molecule has 1 aromatic rings. The van der Waals surface area contributed by atoms with Crippen LogP contribution in [0.5, 0.6) is 0 Å². The summed E-state index contributed by atoms with van der Waals surface area (Å²) in [7, 11) is 0. The number of carbonyl (C=O) groups excluding carboxylic acids is 1. The summed E-state index contributed by atoms with van der Waals surface area (Å²) in [5.74, 6) is -0.482. The molecule has 0 radical (unpaired) electrons. The molecular weight excluding hydrogens is 384 g/mol. The summed E-state index contributed by atoms with van der Waals surface area (Å²) in [6, 6.07) is 10.0. The first-order valence-electron chi connectivity index (χ1n) is 10.7. The van der Waals surface area contributed by atoms with Gasteiger partial charge in [0.05, 0.1) is 6.10 Å². The van der Waals surface area contributed by atoms with Gasteiger partial charge in [-0.25, -0.2) is 0 Å². The maximum atomic E-state index is 12.5. The first-order valence-corrected chi connectivity index (χ1v) is 10.7. The second kappa shape index (κ2) is 11.0.